The molecule has 1 aliphatic carbocycles. The van der Waals surface area contributed by atoms with Crippen molar-refractivity contribution in [3.05, 3.63) is 35.4 Å². The lowest BCUT2D eigenvalue weighted by Crippen LogP contribution is -2.28. The lowest BCUT2D eigenvalue weighted by atomic mass is 10.2. The number of ether oxygens (including phenoxy) is 1. The molecule has 20 heavy (non-hydrogen) atoms. The monoisotopic (exact) mass is 278 g/mol. The van der Waals surface area contributed by atoms with Crippen molar-refractivity contribution >= 4 is 11.9 Å². The fourth-order valence-corrected chi connectivity index (χ4v) is 2.77. The molecule has 1 aromatic rings. The predicted octanol–water partition coefficient (Wildman–Crippen LogP) is 2.86. The summed E-state index contributed by atoms with van der Waals surface area (Å²) in [6, 6.07) is 3.80. The highest BCUT2D eigenvalue weighted by Crippen LogP contribution is 2.59. The first-order chi connectivity index (χ1) is 9.54. The van der Waals surface area contributed by atoms with E-state index in [2.05, 4.69) is 10.7 Å². The van der Waals surface area contributed by atoms with E-state index in [4.69, 9.17) is 4.74 Å². The van der Waals surface area contributed by atoms with Gasteiger partial charge in [-0.05, 0) is 25.1 Å². The van der Waals surface area contributed by atoms with Gasteiger partial charge in [-0.25, -0.2) is 13.8 Å². The fourth-order valence-electron chi connectivity index (χ4n) is 2.77. The maximum atomic E-state index is 13.2. The van der Waals surface area contributed by atoms with E-state index in [-0.39, 0.29) is 0 Å². The van der Waals surface area contributed by atoms with Crippen molar-refractivity contribution in [2.75, 3.05) is 25.1 Å². The minimum Gasteiger partial charge on any atom is -0.496 e. The standard InChI is InChI=1S/C15H16F2N2O/c1-10-11(4-3-7-20-2)5-6-14(18-10)19-8-12-13(9-19)15(12,16)17/h4-7,12-13H,8-9H2,1-2H3. The Hall–Kier alpha value is -1.87. The Balaban J connectivity index is 1.74. The molecule has 106 valence electrons. The third kappa shape index (κ3) is 2.08. The van der Waals surface area contributed by atoms with Crippen molar-refractivity contribution in [2.45, 2.75) is 12.8 Å². The summed E-state index contributed by atoms with van der Waals surface area (Å²) in [5.74, 6) is -2.62. The largest absolute Gasteiger partial charge is 0.496 e. The molecule has 0 spiro atoms. The average Bonchev–Trinajstić information content (AvgIpc) is 2.81. The minimum absolute atomic E-state index is 0.406. The summed E-state index contributed by atoms with van der Waals surface area (Å²) < 4.78 is 31.1. The maximum absolute atomic E-state index is 13.2. The number of pyridine rings is 1. The molecule has 1 saturated carbocycles. The zero-order valence-corrected chi connectivity index (χ0v) is 11.4. The summed E-state index contributed by atoms with van der Waals surface area (Å²) in [7, 11) is 1.56. The number of hydrogen-bond acceptors (Lipinski definition) is 3. The Morgan fingerprint density at radius 2 is 2.10 bits per heavy atom. The average molecular weight is 278 g/mol. The molecular weight excluding hydrogens is 262 g/mol. The number of methoxy groups -OCH3 is 1. The summed E-state index contributed by atoms with van der Waals surface area (Å²) in [5, 5.41) is 0. The number of halogens is 2. The maximum Gasteiger partial charge on any atom is 0.258 e. The molecule has 1 aromatic heterocycles. The molecule has 2 heterocycles. The van der Waals surface area contributed by atoms with Crippen LogP contribution in [0.2, 0.25) is 0 Å². The zero-order valence-electron chi connectivity index (χ0n) is 11.4. The summed E-state index contributed by atoms with van der Waals surface area (Å²) in [5.41, 5.74) is 4.68. The third-order valence-corrected chi connectivity index (χ3v) is 4.06. The van der Waals surface area contributed by atoms with Crippen LogP contribution < -0.4 is 4.90 Å². The summed E-state index contributed by atoms with van der Waals surface area (Å²) >= 11 is 0. The predicted molar refractivity (Wildman–Crippen MR) is 72.7 cm³/mol. The molecule has 0 bridgehead atoms. The van der Waals surface area contributed by atoms with Crippen LogP contribution in [0.1, 0.15) is 11.3 Å². The number of aryl methyl sites for hydroxylation is 1. The first kappa shape index (κ1) is 13.1. The van der Waals surface area contributed by atoms with Gasteiger partial charge in [0.15, 0.2) is 0 Å². The smallest absolute Gasteiger partial charge is 0.258 e. The molecule has 0 aromatic carbocycles. The zero-order chi connectivity index (χ0) is 14.3. The number of aromatic nitrogens is 1. The second-order valence-electron chi connectivity index (χ2n) is 5.30. The summed E-state index contributed by atoms with van der Waals surface area (Å²) in [6.07, 6.45) is 3.24. The molecule has 2 unspecified atom stereocenters. The van der Waals surface area contributed by atoms with Gasteiger partial charge in [0.05, 0.1) is 18.9 Å². The van der Waals surface area contributed by atoms with Crippen molar-refractivity contribution in [1.29, 1.82) is 0 Å². The van der Waals surface area contributed by atoms with Gasteiger partial charge in [0, 0.05) is 24.3 Å². The molecular formula is C15H16F2N2O. The Morgan fingerprint density at radius 1 is 1.40 bits per heavy atom. The Labute approximate surface area is 116 Å². The molecule has 0 amide bonds. The number of nitrogens with zero attached hydrogens (tertiary/aromatic N) is 2. The minimum atomic E-state index is -2.45. The Kier molecular flexibility index (Phi) is 3.02. The van der Waals surface area contributed by atoms with Gasteiger partial charge in [-0.3, -0.25) is 0 Å². The van der Waals surface area contributed by atoms with Crippen LogP contribution in [0, 0.1) is 18.8 Å². The Bertz CT molecular complexity index is 580. The molecule has 0 N–H and O–H groups in total. The van der Waals surface area contributed by atoms with Crippen molar-refractivity contribution < 1.29 is 13.5 Å². The van der Waals surface area contributed by atoms with Gasteiger partial charge >= 0.3 is 0 Å². The topological polar surface area (TPSA) is 25.4 Å². The molecule has 3 nitrogen and oxygen atoms in total. The van der Waals surface area contributed by atoms with Gasteiger partial charge in [-0.15, -0.1) is 0 Å². The number of anilines is 1. The lowest BCUT2D eigenvalue weighted by molar-refractivity contribution is 0.0797. The van der Waals surface area contributed by atoms with E-state index < -0.39 is 17.8 Å². The van der Waals surface area contributed by atoms with E-state index in [0.717, 1.165) is 17.1 Å². The molecule has 2 atom stereocenters. The molecule has 1 saturated heterocycles. The van der Waals surface area contributed by atoms with Crippen molar-refractivity contribution in [3.8, 4) is 0 Å². The summed E-state index contributed by atoms with van der Waals surface area (Å²) in [6.45, 7) is 2.71. The van der Waals surface area contributed by atoms with Gasteiger partial charge in [-0.1, -0.05) is 5.73 Å². The molecule has 2 fully saturated rings. The normalized spacial score (nSPS) is 25.7. The van der Waals surface area contributed by atoms with Crippen LogP contribution >= 0.6 is 0 Å². The molecule has 2 aliphatic rings. The SMILES string of the molecule is COC=C=Cc1ccc(N2CC3C(C2)C3(F)F)nc1C. The van der Waals surface area contributed by atoms with Crippen molar-refractivity contribution in [2.24, 2.45) is 11.8 Å². The van der Waals surface area contributed by atoms with Crippen molar-refractivity contribution in [1.82, 2.24) is 4.98 Å². The van der Waals surface area contributed by atoms with Gasteiger partial charge in [0.25, 0.3) is 5.92 Å². The van der Waals surface area contributed by atoms with E-state index >= 15 is 0 Å². The van der Waals surface area contributed by atoms with Crippen LogP contribution in [0.5, 0.6) is 0 Å². The van der Waals surface area contributed by atoms with Crippen LogP contribution in [0.15, 0.2) is 24.1 Å². The summed E-state index contributed by atoms with van der Waals surface area (Å²) in [4.78, 5) is 6.43. The second kappa shape index (κ2) is 4.60. The first-order valence-corrected chi connectivity index (χ1v) is 6.58. The second-order valence-corrected chi connectivity index (χ2v) is 5.30. The molecule has 1 aliphatic heterocycles. The van der Waals surface area contributed by atoms with E-state index in [1.807, 2.05) is 24.0 Å². The molecule has 3 rings (SSSR count). The number of rotatable bonds is 3. The number of hydrogen-bond donors (Lipinski definition) is 0. The first-order valence-electron chi connectivity index (χ1n) is 6.58. The number of piperidine rings is 1. The van der Waals surface area contributed by atoms with Crippen LogP contribution in [-0.2, 0) is 4.74 Å². The van der Waals surface area contributed by atoms with Gasteiger partial charge in [-0.2, -0.15) is 0 Å². The van der Waals surface area contributed by atoms with E-state index in [1.165, 1.54) is 6.26 Å². The number of fused-ring (bicyclic) bond motifs is 1. The van der Waals surface area contributed by atoms with Gasteiger partial charge in [0.2, 0.25) is 0 Å². The van der Waals surface area contributed by atoms with Crippen LogP contribution in [0.3, 0.4) is 0 Å². The Morgan fingerprint density at radius 3 is 2.70 bits per heavy atom. The van der Waals surface area contributed by atoms with Crippen LogP contribution in [-0.4, -0.2) is 31.1 Å². The van der Waals surface area contributed by atoms with E-state index in [9.17, 15) is 8.78 Å². The third-order valence-electron chi connectivity index (χ3n) is 4.06. The van der Waals surface area contributed by atoms with Crippen LogP contribution in [0.25, 0.3) is 6.08 Å². The molecule has 5 heteroatoms. The highest BCUT2D eigenvalue weighted by molar-refractivity contribution is 5.55. The highest BCUT2D eigenvalue weighted by Gasteiger charge is 2.71. The molecule has 0 radical (unpaired) electrons. The van der Waals surface area contributed by atoms with Crippen molar-refractivity contribution in [3.63, 3.8) is 0 Å². The van der Waals surface area contributed by atoms with Gasteiger partial charge < -0.3 is 9.64 Å². The quantitative estimate of drug-likeness (QED) is 0.628. The fraction of sp³-hybridized carbons (Fsp3) is 0.467. The van der Waals surface area contributed by atoms with E-state index in [1.54, 1.807) is 13.2 Å². The van der Waals surface area contributed by atoms with Crippen LogP contribution in [0.4, 0.5) is 14.6 Å². The number of alkyl halides is 2. The highest BCUT2D eigenvalue weighted by atomic mass is 19.3. The lowest BCUT2D eigenvalue weighted by Gasteiger charge is -2.21. The van der Waals surface area contributed by atoms with Gasteiger partial charge in [0.1, 0.15) is 12.1 Å². The van der Waals surface area contributed by atoms with E-state index in [0.29, 0.717) is 13.1 Å².